The monoisotopic (exact) mass is 1590 g/mol. The quantitative estimate of drug-likeness (QED) is 0.0396. The number of ether oxygens (including phenoxy) is 1. The predicted octanol–water partition coefficient (Wildman–Crippen LogP) is 11.4. The number of aromatic carboxylic acids is 1. The van der Waals surface area contributed by atoms with Gasteiger partial charge < -0.3 is 70.3 Å². The molecule has 0 radical (unpaired) electrons. The summed E-state index contributed by atoms with van der Waals surface area (Å²) in [5.74, 6) is 1.88. The Hall–Kier alpha value is -7.19. The maximum absolute atomic E-state index is 13.1. The third kappa shape index (κ3) is 22.9. The number of carboxylic acids is 1. The molecule has 8 aliphatic heterocycles. The topological polar surface area (TPSA) is 257 Å². The first-order chi connectivity index (χ1) is 52.9. The number of esters is 1. The van der Waals surface area contributed by atoms with Crippen LogP contribution in [0.3, 0.4) is 0 Å². The van der Waals surface area contributed by atoms with Gasteiger partial charge in [0.05, 0.1) is 38.9 Å². The first-order valence-corrected chi connectivity index (χ1v) is 41.2. The number of benzene rings is 6. The molecule has 6 N–H and O–H groups in total. The van der Waals surface area contributed by atoms with Crippen molar-refractivity contribution in [2.45, 2.75) is 147 Å². The number of rotatable bonds is 18. The number of hydrogen-bond donors (Lipinski definition) is 5. The van der Waals surface area contributed by atoms with Gasteiger partial charge in [0.1, 0.15) is 0 Å². The van der Waals surface area contributed by atoms with Crippen molar-refractivity contribution in [1.29, 1.82) is 0 Å². The van der Waals surface area contributed by atoms with Crippen molar-refractivity contribution < 1.29 is 78.3 Å². The maximum atomic E-state index is 13.1. The summed E-state index contributed by atoms with van der Waals surface area (Å²) in [5.41, 5.74) is 1.70. The van der Waals surface area contributed by atoms with Gasteiger partial charge in [-0.1, -0.05) is 126 Å². The first kappa shape index (κ1) is 88.8. The van der Waals surface area contributed by atoms with Gasteiger partial charge in [-0.05, 0) is 250 Å². The van der Waals surface area contributed by atoms with E-state index in [4.69, 9.17) is 44.6 Å². The van der Waals surface area contributed by atoms with Gasteiger partial charge in [-0.25, -0.2) is 9.59 Å². The molecule has 8 heterocycles. The first-order valence-electron chi connectivity index (χ1n) is 40.0. The van der Waals surface area contributed by atoms with Crippen LogP contribution >= 0.6 is 34.8 Å². The fraction of sp³-hybridized carbons (Fsp3) is 0.523. The maximum Gasteiger partial charge on any atom is 1.00 e. The molecule has 4 amide bonds. The Labute approximate surface area is 688 Å². The molecular weight excluding hydrogens is 1470 g/mol. The van der Waals surface area contributed by atoms with E-state index in [9.17, 15) is 44.1 Å². The van der Waals surface area contributed by atoms with Crippen LogP contribution in [0.5, 0.6) is 0 Å². The molecular formula is C88H114Cl3LiN8O12. The van der Waals surface area contributed by atoms with Crippen LogP contribution in [-0.4, -0.2) is 193 Å². The summed E-state index contributed by atoms with van der Waals surface area (Å²) in [7, 11) is 1.35. The molecule has 600 valence electrons. The molecule has 24 heteroatoms. The summed E-state index contributed by atoms with van der Waals surface area (Å²) >= 11 is 19.0. The minimum atomic E-state index is -1.49. The second-order valence-corrected chi connectivity index (χ2v) is 33.3. The van der Waals surface area contributed by atoms with Crippen molar-refractivity contribution in [3.63, 3.8) is 0 Å². The van der Waals surface area contributed by atoms with Crippen LogP contribution in [0.2, 0.25) is 15.1 Å². The van der Waals surface area contributed by atoms with Gasteiger partial charge >= 0.3 is 30.8 Å². The van der Waals surface area contributed by atoms with Crippen LogP contribution in [-0.2, 0) is 35.9 Å². The molecule has 20 nitrogen and oxygen atoms in total. The van der Waals surface area contributed by atoms with Crippen LogP contribution in [0.1, 0.15) is 178 Å². The Bertz CT molecular complexity index is 4030. The Morgan fingerprint density at radius 2 is 0.652 bits per heavy atom. The van der Waals surface area contributed by atoms with Crippen LogP contribution in [0.15, 0.2) is 146 Å². The number of hydrogen-bond acceptors (Lipinski definition) is 15. The summed E-state index contributed by atoms with van der Waals surface area (Å²) in [5, 5.41) is 46.2. The van der Waals surface area contributed by atoms with Crippen LogP contribution in [0.25, 0.3) is 0 Å². The zero-order valence-corrected chi connectivity index (χ0v) is 68.3. The van der Waals surface area contributed by atoms with Gasteiger partial charge in [0.25, 0.3) is 23.6 Å². The van der Waals surface area contributed by atoms with Crippen molar-refractivity contribution in [2.75, 3.05) is 127 Å². The second-order valence-electron chi connectivity index (χ2n) is 32.1. The largest absolute Gasteiger partial charge is 1.00 e. The number of carbonyl (C=O) groups is 6. The number of nitrogens with one attached hydrogen (secondary N) is 1. The van der Waals surface area contributed by atoms with Gasteiger partial charge in [0.15, 0.2) is 16.8 Å². The van der Waals surface area contributed by atoms with E-state index < -0.39 is 28.7 Å². The normalized spacial score (nSPS) is 19.8. The van der Waals surface area contributed by atoms with Crippen molar-refractivity contribution in [1.82, 2.24) is 24.9 Å². The van der Waals surface area contributed by atoms with Crippen molar-refractivity contribution in [3.8, 4) is 0 Å². The van der Waals surface area contributed by atoms with Crippen LogP contribution in [0.4, 0.5) is 17.1 Å². The van der Waals surface area contributed by atoms with E-state index in [0.29, 0.717) is 113 Å². The number of carbonyl (C=O) groups excluding carboxylic acids is 5. The molecule has 6 aromatic carbocycles. The number of anilines is 3. The Morgan fingerprint density at radius 3 is 0.884 bits per heavy atom. The van der Waals surface area contributed by atoms with Crippen molar-refractivity contribution in [3.05, 3.63) is 194 Å². The van der Waals surface area contributed by atoms with E-state index in [1.165, 1.54) is 45.9 Å². The number of nitrogens with zero attached hydrogens (tertiary/aromatic N) is 7. The minimum absolute atomic E-state index is 0. The SMILES string of the molecule is C1CNC1.COC(=O)c1ccc(N2CCC(CC3CCN(C(=O)[C@](C)(O)c4ccccc4)CC3)CC2)cc1Cl.C[C@](O)(C(=O)N1CCC(CC2CCN(c3ccc(C(=O)N4CCC4)c(Cl)c3)CC2)CC1)c1ccccc1.C[C@](O)(C(=O)N1CCC(CC2CCN(c3ccc(C(=O)O)c(Cl)c3)CC2)CC1)c1ccccc1.[Li+].[OH-]. The molecule has 0 saturated carbocycles. The van der Waals surface area contributed by atoms with Crippen molar-refractivity contribution >= 4 is 87.4 Å². The van der Waals surface area contributed by atoms with E-state index >= 15 is 0 Å². The van der Waals surface area contributed by atoms with E-state index in [1.54, 1.807) is 63.2 Å². The number of halogens is 3. The summed E-state index contributed by atoms with van der Waals surface area (Å²) in [6, 6.07) is 44.1. The Balaban J connectivity index is 0.000000186. The zero-order valence-electron chi connectivity index (χ0n) is 66.0. The molecule has 0 bridgehead atoms. The standard InChI is InChI=1S/C30H38ClN3O3.C28H35ClN2O4.C27H33ClN2O4.C3H7N.Li.H2O/c1-30(37,24-6-3-2-4-7-24)29(36)34-18-12-23(13-19-34)20-22-10-16-32(17-11-22)25-8-9-26(27(31)21-25)28(35)33-14-5-15-33;1-28(34,22-6-4-3-5-7-22)27(33)31-16-12-21(13-17-31)18-20-10-14-30(15-11-20)23-8-9-24(25(29)19-23)26(32)35-2;1-27(34,21-5-3-2-4-6-21)26(33)30-15-11-20(12-16-30)17-19-9-13-29(14-10-19)22-7-8-23(25(31)32)24(28)18-22;1-2-4-3-1;;/h2-4,6-9,21-23,37H,5,10-20H2,1H3;3-9,19-21,34H,10-18H2,1-2H3;2-8,18-20,34H,9-17H2,1H3,(H,31,32);4H,1-3H2;;1H2/q;;;;+1;/p-1/t30-;28-;27-;;;/m111.../s1. The van der Waals surface area contributed by atoms with Crippen LogP contribution in [0, 0.1) is 35.5 Å². The summed E-state index contributed by atoms with van der Waals surface area (Å²) in [6.45, 7) is 19.0. The van der Waals surface area contributed by atoms with E-state index in [0.717, 1.165) is 153 Å². The molecule has 0 spiro atoms. The number of carboxylic acid groups (broad SMARTS) is 1. The molecule has 3 atom stereocenters. The molecule has 6 aromatic rings. The number of amides is 4. The third-order valence-corrected chi connectivity index (χ3v) is 25.4. The summed E-state index contributed by atoms with van der Waals surface area (Å²) in [6.07, 6.45) is 18.7. The molecule has 0 aliphatic carbocycles. The fourth-order valence-corrected chi connectivity index (χ4v) is 17.7. The molecule has 8 fully saturated rings. The van der Waals surface area contributed by atoms with Gasteiger partial charge in [-0.15, -0.1) is 0 Å². The molecule has 8 aliphatic rings. The molecule has 112 heavy (non-hydrogen) atoms. The number of aliphatic hydroxyl groups is 3. The average Bonchev–Trinajstić information content (AvgIpc) is 0.810. The molecule has 8 saturated heterocycles. The summed E-state index contributed by atoms with van der Waals surface area (Å²) in [4.78, 5) is 88.9. The summed E-state index contributed by atoms with van der Waals surface area (Å²) < 4.78 is 4.77. The Morgan fingerprint density at radius 1 is 0.393 bits per heavy atom. The second kappa shape index (κ2) is 41.4. The van der Waals surface area contributed by atoms with E-state index in [-0.39, 0.29) is 58.6 Å². The predicted molar refractivity (Wildman–Crippen MR) is 437 cm³/mol. The molecule has 14 rings (SSSR count). The fourth-order valence-electron chi connectivity index (χ4n) is 17.0. The van der Waals surface area contributed by atoms with Gasteiger partial charge in [-0.2, -0.15) is 0 Å². The van der Waals surface area contributed by atoms with Gasteiger partial charge in [-0.3, -0.25) is 19.2 Å². The number of methoxy groups -OCH3 is 1. The zero-order chi connectivity index (χ0) is 78.1. The smallest absolute Gasteiger partial charge is 0.870 e. The molecule has 0 unspecified atom stereocenters. The van der Waals surface area contributed by atoms with E-state index in [2.05, 4.69) is 20.0 Å². The number of likely N-dealkylation sites (tertiary alicyclic amines) is 4. The number of piperidine rings is 6. The van der Waals surface area contributed by atoms with Gasteiger partial charge in [0.2, 0.25) is 0 Å². The van der Waals surface area contributed by atoms with E-state index in [1.807, 2.05) is 123 Å². The van der Waals surface area contributed by atoms with Crippen molar-refractivity contribution in [2.24, 2.45) is 35.5 Å². The van der Waals surface area contributed by atoms with Gasteiger partial charge in [0, 0.05) is 109 Å². The van der Waals surface area contributed by atoms with Crippen LogP contribution < -0.4 is 38.9 Å². The third-order valence-electron chi connectivity index (χ3n) is 24.5. The average molecular weight is 1590 g/mol. The minimum Gasteiger partial charge on any atom is -0.870 e. The Kier molecular flexibility index (Phi) is 32.8. The molecule has 0 aromatic heterocycles.